The van der Waals surface area contributed by atoms with Gasteiger partial charge in [-0.3, -0.25) is 14.5 Å². The van der Waals surface area contributed by atoms with Gasteiger partial charge in [0.2, 0.25) is 5.91 Å². The van der Waals surface area contributed by atoms with E-state index in [2.05, 4.69) is 15.0 Å². The normalized spacial score (nSPS) is 16.4. The van der Waals surface area contributed by atoms with Gasteiger partial charge in [0.1, 0.15) is 23.0 Å². The number of aliphatic imine (C=N–C) groups is 1. The molecule has 0 saturated heterocycles. The number of hydrogen-bond donors (Lipinski definition) is 2. The van der Waals surface area contributed by atoms with E-state index < -0.39 is 10.0 Å². The molecule has 3 rings (SSSR count). The Bertz CT molecular complexity index is 1090. The third-order valence-electron chi connectivity index (χ3n) is 4.85. The topological polar surface area (TPSA) is 96.9 Å². The summed E-state index contributed by atoms with van der Waals surface area (Å²) in [5, 5.41) is 2.77. The number of nitrogens with one attached hydrogen (secondary N) is 2. The number of ether oxygens (including phenoxy) is 1. The summed E-state index contributed by atoms with van der Waals surface area (Å²) in [4.78, 5) is 16.5. The molecule has 1 amide bonds. The molecular formula is C22H25N3O4S. The summed E-state index contributed by atoms with van der Waals surface area (Å²) in [6, 6.07) is 14.8. The van der Waals surface area contributed by atoms with Crippen LogP contribution >= 0.6 is 0 Å². The van der Waals surface area contributed by atoms with Crippen LogP contribution in [0.5, 0.6) is 5.75 Å². The summed E-state index contributed by atoms with van der Waals surface area (Å²) in [6.07, 6.45) is 0.877. The molecule has 8 heteroatoms. The predicted molar refractivity (Wildman–Crippen MR) is 118 cm³/mol. The van der Waals surface area contributed by atoms with Gasteiger partial charge in [-0.15, -0.1) is 0 Å². The Morgan fingerprint density at radius 1 is 1.07 bits per heavy atom. The van der Waals surface area contributed by atoms with Gasteiger partial charge in [-0.2, -0.15) is 0 Å². The third-order valence-corrected chi connectivity index (χ3v) is 6.39. The Hall–Kier alpha value is -3.13. The first kappa shape index (κ1) is 21.6. The molecule has 0 atom stereocenters. The molecule has 1 heterocycles. The maximum absolute atomic E-state index is 12.6. The smallest absolute Gasteiger partial charge is 0.264 e. The Morgan fingerprint density at radius 3 is 2.30 bits per heavy atom. The minimum Gasteiger partial charge on any atom is -0.497 e. The van der Waals surface area contributed by atoms with Crippen molar-refractivity contribution in [3.63, 3.8) is 0 Å². The fourth-order valence-corrected chi connectivity index (χ4v) is 4.65. The molecule has 1 aliphatic rings. The highest BCUT2D eigenvalue weighted by Crippen LogP contribution is 2.30. The number of aryl methyl sites for hydroxylation is 1. The summed E-state index contributed by atoms with van der Waals surface area (Å²) in [5.74, 6) is 0.641. The average molecular weight is 428 g/mol. The van der Waals surface area contributed by atoms with Crippen molar-refractivity contribution in [3.05, 3.63) is 70.8 Å². The molecule has 0 aromatic heterocycles. The van der Waals surface area contributed by atoms with Crippen LogP contribution in [0.15, 0.2) is 59.1 Å². The molecule has 0 unspecified atom stereocenters. The van der Waals surface area contributed by atoms with Gasteiger partial charge in [0.25, 0.3) is 10.0 Å². The standard InChI is InChI=1S/C22H25N3O4S/c1-4-16-5-9-18(10-6-16)21-15(2)22(25-30(21,27)28)24-14-20(26)23-13-17-7-11-19(29-3)12-8-17/h5-12H,4,13-14H2,1-3H3,(H,23,26)(H,24,25). The SMILES string of the molecule is CCc1ccc(C2=C(C)C(=NCC(=O)NCc3ccc(OC)cc3)NS2(=O)=O)cc1. The number of rotatable bonds is 7. The van der Waals surface area contributed by atoms with E-state index in [0.717, 1.165) is 23.3 Å². The van der Waals surface area contributed by atoms with E-state index in [1.165, 1.54) is 0 Å². The number of amidine groups is 1. The molecule has 0 aliphatic carbocycles. The van der Waals surface area contributed by atoms with E-state index >= 15 is 0 Å². The summed E-state index contributed by atoms with van der Waals surface area (Å²) in [7, 11) is -2.12. The monoisotopic (exact) mass is 427 g/mol. The first-order chi connectivity index (χ1) is 14.3. The van der Waals surface area contributed by atoms with Crippen LogP contribution in [0.25, 0.3) is 4.91 Å². The molecular weight excluding hydrogens is 402 g/mol. The van der Waals surface area contributed by atoms with Gasteiger partial charge in [-0.1, -0.05) is 43.3 Å². The number of methoxy groups -OCH3 is 1. The second-order valence-corrected chi connectivity index (χ2v) is 8.52. The van der Waals surface area contributed by atoms with E-state index in [1.54, 1.807) is 26.2 Å². The quantitative estimate of drug-likeness (QED) is 0.710. The van der Waals surface area contributed by atoms with Crippen LogP contribution in [0.3, 0.4) is 0 Å². The average Bonchev–Trinajstić information content (AvgIpc) is 2.99. The lowest BCUT2D eigenvalue weighted by Crippen LogP contribution is -2.28. The van der Waals surface area contributed by atoms with Gasteiger partial charge in [-0.25, -0.2) is 8.42 Å². The highest BCUT2D eigenvalue weighted by atomic mass is 32.2. The predicted octanol–water partition coefficient (Wildman–Crippen LogP) is 2.64. The summed E-state index contributed by atoms with van der Waals surface area (Å²) in [6.45, 7) is 3.91. The Balaban J connectivity index is 1.68. The van der Waals surface area contributed by atoms with Crippen molar-refractivity contribution in [3.8, 4) is 5.75 Å². The largest absolute Gasteiger partial charge is 0.497 e. The highest BCUT2D eigenvalue weighted by Gasteiger charge is 2.32. The molecule has 158 valence electrons. The molecule has 0 spiro atoms. The van der Waals surface area contributed by atoms with Crippen molar-refractivity contribution < 1.29 is 17.9 Å². The number of hydrogen-bond acceptors (Lipinski definition) is 5. The summed E-state index contributed by atoms with van der Waals surface area (Å²) < 4.78 is 32.7. The van der Waals surface area contributed by atoms with Gasteiger partial charge in [0.15, 0.2) is 0 Å². The summed E-state index contributed by atoms with van der Waals surface area (Å²) >= 11 is 0. The fraction of sp³-hybridized carbons (Fsp3) is 0.273. The lowest BCUT2D eigenvalue weighted by Gasteiger charge is -2.05. The molecule has 1 aliphatic heterocycles. The third kappa shape index (κ3) is 4.88. The Labute approximate surface area is 176 Å². The Morgan fingerprint density at radius 2 is 1.70 bits per heavy atom. The molecule has 0 radical (unpaired) electrons. The number of carbonyl (C=O) groups excluding carboxylic acids is 1. The van der Waals surface area contributed by atoms with Crippen LogP contribution in [-0.2, 0) is 27.8 Å². The summed E-state index contributed by atoms with van der Waals surface area (Å²) in [5.41, 5.74) is 3.16. The van der Waals surface area contributed by atoms with Gasteiger partial charge < -0.3 is 10.1 Å². The lowest BCUT2D eigenvalue weighted by atomic mass is 10.1. The molecule has 30 heavy (non-hydrogen) atoms. The maximum Gasteiger partial charge on any atom is 0.264 e. The van der Waals surface area contributed by atoms with Crippen LogP contribution in [0.2, 0.25) is 0 Å². The van der Waals surface area contributed by atoms with Gasteiger partial charge in [0.05, 0.1) is 7.11 Å². The van der Waals surface area contributed by atoms with Gasteiger partial charge in [-0.05, 0) is 42.2 Å². The first-order valence-corrected chi connectivity index (χ1v) is 11.1. The van der Waals surface area contributed by atoms with E-state index in [9.17, 15) is 13.2 Å². The van der Waals surface area contributed by atoms with Crippen molar-refractivity contribution in [2.75, 3.05) is 13.7 Å². The van der Waals surface area contributed by atoms with Crippen LogP contribution in [0.1, 0.15) is 30.5 Å². The zero-order valence-electron chi connectivity index (χ0n) is 17.2. The van der Waals surface area contributed by atoms with Crippen LogP contribution in [0.4, 0.5) is 0 Å². The Kier molecular flexibility index (Phi) is 6.56. The van der Waals surface area contributed by atoms with Gasteiger partial charge >= 0.3 is 0 Å². The number of carbonyl (C=O) groups is 1. The number of amides is 1. The second-order valence-electron chi connectivity index (χ2n) is 6.90. The van der Waals surface area contributed by atoms with Crippen LogP contribution in [-0.4, -0.2) is 33.8 Å². The minimum atomic E-state index is -3.71. The lowest BCUT2D eigenvalue weighted by molar-refractivity contribution is -0.119. The number of benzene rings is 2. The number of sulfonamides is 1. The van der Waals surface area contributed by atoms with Gasteiger partial charge in [0, 0.05) is 12.1 Å². The molecule has 2 aromatic carbocycles. The molecule has 7 nitrogen and oxygen atoms in total. The van der Waals surface area contributed by atoms with E-state index in [4.69, 9.17) is 4.74 Å². The second kappa shape index (κ2) is 9.13. The minimum absolute atomic E-state index is 0.173. The van der Waals surface area contributed by atoms with E-state index in [0.29, 0.717) is 17.7 Å². The molecule has 2 N–H and O–H groups in total. The molecule has 0 bridgehead atoms. The van der Waals surface area contributed by atoms with Crippen molar-refractivity contribution in [2.45, 2.75) is 26.8 Å². The maximum atomic E-state index is 12.6. The zero-order valence-corrected chi connectivity index (χ0v) is 18.0. The van der Waals surface area contributed by atoms with Crippen molar-refractivity contribution in [1.29, 1.82) is 0 Å². The van der Waals surface area contributed by atoms with Crippen LogP contribution < -0.4 is 14.8 Å². The van der Waals surface area contributed by atoms with Crippen LogP contribution in [0, 0.1) is 0 Å². The number of nitrogens with zero attached hydrogens (tertiary/aromatic N) is 1. The van der Waals surface area contributed by atoms with E-state index in [1.807, 2.05) is 43.3 Å². The van der Waals surface area contributed by atoms with E-state index in [-0.39, 0.29) is 23.2 Å². The van der Waals surface area contributed by atoms with Crippen molar-refractivity contribution in [1.82, 2.24) is 10.0 Å². The zero-order chi connectivity index (χ0) is 21.7. The van der Waals surface area contributed by atoms with Crippen molar-refractivity contribution >= 4 is 26.7 Å². The molecule has 0 saturated carbocycles. The molecule has 2 aromatic rings. The first-order valence-electron chi connectivity index (χ1n) is 9.61. The molecule has 0 fully saturated rings. The van der Waals surface area contributed by atoms with Crippen molar-refractivity contribution in [2.24, 2.45) is 4.99 Å². The highest BCUT2D eigenvalue weighted by molar-refractivity contribution is 8.00. The fourth-order valence-electron chi connectivity index (χ4n) is 3.13.